The molecular formula is C16H21FN2O6. The van der Waals surface area contributed by atoms with E-state index >= 15 is 0 Å². The van der Waals surface area contributed by atoms with Crippen LogP contribution in [0.2, 0.25) is 0 Å². The van der Waals surface area contributed by atoms with Crippen molar-refractivity contribution in [3.05, 3.63) is 28.1 Å². The lowest BCUT2D eigenvalue weighted by molar-refractivity contribution is -0.384. The molecular weight excluding hydrogens is 335 g/mol. The van der Waals surface area contributed by atoms with Crippen LogP contribution in [0.25, 0.3) is 0 Å². The molecule has 138 valence electrons. The number of halogens is 1. The predicted molar refractivity (Wildman–Crippen MR) is 88.1 cm³/mol. The molecule has 1 amide bonds. The molecule has 0 aliphatic rings. The SMILES string of the molecule is CCCCC(=O)Oc1c(F)ccc([N+](=O)[O-])c1NC(=O)OC(C)(C)C. The molecule has 8 nitrogen and oxygen atoms in total. The molecule has 25 heavy (non-hydrogen) atoms. The monoisotopic (exact) mass is 356 g/mol. The van der Waals surface area contributed by atoms with Crippen LogP contribution in [-0.4, -0.2) is 22.6 Å². The van der Waals surface area contributed by atoms with Gasteiger partial charge in [-0.15, -0.1) is 0 Å². The second kappa shape index (κ2) is 8.41. The molecule has 0 heterocycles. The van der Waals surface area contributed by atoms with Gasteiger partial charge in [0, 0.05) is 12.5 Å². The number of rotatable bonds is 6. The van der Waals surface area contributed by atoms with Gasteiger partial charge < -0.3 is 9.47 Å². The molecule has 0 unspecified atom stereocenters. The van der Waals surface area contributed by atoms with Crippen LogP contribution in [0.3, 0.4) is 0 Å². The van der Waals surface area contributed by atoms with E-state index in [1.165, 1.54) is 0 Å². The third-order valence-corrected chi connectivity index (χ3v) is 2.86. The van der Waals surface area contributed by atoms with Crippen molar-refractivity contribution in [2.45, 2.75) is 52.6 Å². The van der Waals surface area contributed by atoms with Gasteiger partial charge in [-0.2, -0.15) is 0 Å². The van der Waals surface area contributed by atoms with Crippen LogP contribution in [0.4, 0.5) is 20.6 Å². The topological polar surface area (TPSA) is 108 Å². The van der Waals surface area contributed by atoms with Gasteiger partial charge in [-0.3, -0.25) is 20.2 Å². The minimum absolute atomic E-state index is 0.0184. The number of nitrogens with zero attached hydrogens (tertiary/aromatic N) is 1. The Labute approximate surface area is 144 Å². The minimum atomic E-state index is -1.04. The number of nitro groups is 1. The van der Waals surface area contributed by atoms with Crippen LogP contribution in [0, 0.1) is 15.9 Å². The number of carbonyl (C=O) groups excluding carboxylic acids is 2. The first-order valence-corrected chi connectivity index (χ1v) is 7.72. The number of benzene rings is 1. The molecule has 1 rings (SSSR count). The number of nitrogens with one attached hydrogen (secondary N) is 1. The van der Waals surface area contributed by atoms with Crippen LogP contribution >= 0.6 is 0 Å². The standard InChI is InChI=1S/C16H21FN2O6/c1-5-6-7-12(20)24-14-10(17)8-9-11(19(22)23)13(14)18-15(21)25-16(2,3)4/h8-9H,5-7H2,1-4H3,(H,18,21). The Morgan fingerprint density at radius 2 is 1.96 bits per heavy atom. The van der Waals surface area contributed by atoms with Crippen molar-refractivity contribution in [2.75, 3.05) is 5.32 Å². The summed E-state index contributed by atoms with van der Waals surface area (Å²) >= 11 is 0. The maximum absolute atomic E-state index is 14.1. The summed E-state index contributed by atoms with van der Waals surface area (Å²) in [6.45, 7) is 6.64. The van der Waals surface area contributed by atoms with Gasteiger partial charge in [0.25, 0.3) is 5.69 Å². The summed E-state index contributed by atoms with van der Waals surface area (Å²) in [5.74, 6) is -2.48. The van der Waals surface area contributed by atoms with E-state index in [-0.39, 0.29) is 6.42 Å². The lowest BCUT2D eigenvalue weighted by Gasteiger charge is -2.20. The second-order valence-corrected chi connectivity index (χ2v) is 6.23. The average molecular weight is 356 g/mol. The zero-order valence-corrected chi connectivity index (χ0v) is 14.6. The van der Waals surface area contributed by atoms with E-state index < -0.39 is 45.5 Å². The van der Waals surface area contributed by atoms with Crippen LogP contribution < -0.4 is 10.1 Å². The van der Waals surface area contributed by atoms with Crippen molar-refractivity contribution in [1.29, 1.82) is 0 Å². The first-order chi connectivity index (χ1) is 11.5. The highest BCUT2D eigenvalue weighted by atomic mass is 19.1. The Balaban J connectivity index is 3.21. The number of nitro benzene ring substituents is 1. The Morgan fingerprint density at radius 1 is 1.32 bits per heavy atom. The summed E-state index contributed by atoms with van der Waals surface area (Å²) < 4.78 is 24.0. The Kier molecular flexibility index (Phi) is 6.84. The maximum Gasteiger partial charge on any atom is 0.412 e. The zero-order valence-electron chi connectivity index (χ0n) is 14.6. The fraction of sp³-hybridized carbons (Fsp3) is 0.500. The summed E-state index contributed by atoms with van der Waals surface area (Å²) in [5, 5.41) is 13.3. The second-order valence-electron chi connectivity index (χ2n) is 6.23. The molecule has 0 spiro atoms. The molecule has 1 aromatic rings. The highest BCUT2D eigenvalue weighted by molar-refractivity contribution is 5.92. The van der Waals surface area contributed by atoms with Crippen molar-refractivity contribution < 1.29 is 28.4 Å². The number of ether oxygens (including phenoxy) is 2. The van der Waals surface area contributed by atoms with E-state index in [0.717, 1.165) is 18.6 Å². The van der Waals surface area contributed by atoms with Crippen LogP contribution in [0.5, 0.6) is 5.75 Å². The number of esters is 1. The number of hydrogen-bond donors (Lipinski definition) is 1. The summed E-state index contributed by atoms with van der Waals surface area (Å²) in [5.41, 5.74) is -2.06. The molecule has 0 aliphatic carbocycles. The van der Waals surface area contributed by atoms with Gasteiger partial charge in [-0.1, -0.05) is 13.3 Å². The molecule has 9 heteroatoms. The smallest absolute Gasteiger partial charge is 0.412 e. The third-order valence-electron chi connectivity index (χ3n) is 2.86. The number of amides is 1. The first kappa shape index (κ1) is 20.3. The van der Waals surface area contributed by atoms with E-state index in [9.17, 15) is 24.1 Å². The number of anilines is 1. The largest absolute Gasteiger partial charge is 0.444 e. The molecule has 0 radical (unpaired) electrons. The molecule has 1 aromatic carbocycles. The zero-order chi connectivity index (χ0) is 19.2. The predicted octanol–water partition coefficient (Wildman–Crippen LogP) is 4.18. The fourth-order valence-electron chi connectivity index (χ4n) is 1.81. The third kappa shape index (κ3) is 6.36. The molecule has 1 N–H and O–H groups in total. The van der Waals surface area contributed by atoms with Crippen LogP contribution in [0.1, 0.15) is 47.0 Å². The van der Waals surface area contributed by atoms with Crippen molar-refractivity contribution in [1.82, 2.24) is 0 Å². The summed E-state index contributed by atoms with van der Waals surface area (Å²) in [4.78, 5) is 34.0. The van der Waals surface area contributed by atoms with Gasteiger partial charge in [-0.05, 0) is 33.3 Å². The number of hydrogen-bond acceptors (Lipinski definition) is 6. The van der Waals surface area contributed by atoms with Gasteiger partial charge in [0.2, 0.25) is 0 Å². The van der Waals surface area contributed by atoms with Crippen molar-refractivity contribution >= 4 is 23.4 Å². The summed E-state index contributed by atoms with van der Waals surface area (Å²) in [6.07, 6.45) is 0.219. The normalized spacial score (nSPS) is 10.9. The number of carbonyl (C=O) groups is 2. The highest BCUT2D eigenvalue weighted by Gasteiger charge is 2.28. The fourth-order valence-corrected chi connectivity index (χ4v) is 1.81. The van der Waals surface area contributed by atoms with Crippen molar-refractivity contribution in [2.24, 2.45) is 0 Å². The van der Waals surface area contributed by atoms with E-state index in [4.69, 9.17) is 9.47 Å². The lowest BCUT2D eigenvalue weighted by Crippen LogP contribution is -2.28. The molecule has 0 bridgehead atoms. The highest BCUT2D eigenvalue weighted by Crippen LogP contribution is 2.37. The summed E-state index contributed by atoms with van der Waals surface area (Å²) in [6, 6.07) is 1.66. The van der Waals surface area contributed by atoms with E-state index in [1.807, 2.05) is 6.92 Å². The molecule has 0 atom stereocenters. The Morgan fingerprint density at radius 3 is 2.48 bits per heavy atom. The Bertz CT molecular complexity index is 669. The maximum atomic E-state index is 14.1. The molecule has 0 saturated heterocycles. The average Bonchev–Trinajstić information content (AvgIpc) is 2.46. The van der Waals surface area contributed by atoms with Crippen LogP contribution in [-0.2, 0) is 9.53 Å². The lowest BCUT2D eigenvalue weighted by atomic mass is 10.2. The molecule has 0 fully saturated rings. The van der Waals surface area contributed by atoms with Crippen molar-refractivity contribution in [3.63, 3.8) is 0 Å². The van der Waals surface area contributed by atoms with Gasteiger partial charge in [0.15, 0.2) is 17.3 Å². The minimum Gasteiger partial charge on any atom is -0.444 e. The first-order valence-electron chi connectivity index (χ1n) is 7.72. The number of unbranched alkanes of at least 4 members (excludes halogenated alkanes) is 1. The van der Waals surface area contributed by atoms with E-state index in [1.54, 1.807) is 20.8 Å². The molecule has 0 aliphatic heterocycles. The van der Waals surface area contributed by atoms with Gasteiger partial charge in [-0.25, -0.2) is 9.18 Å². The Hall–Kier alpha value is -2.71. The van der Waals surface area contributed by atoms with Crippen LogP contribution in [0.15, 0.2) is 12.1 Å². The summed E-state index contributed by atoms with van der Waals surface area (Å²) in [7, 11) is 0. The van der Waals surface area contributed by atoms with Gasteiger partial charge in [0.05, 0.1) is 4.92 Å². The molecule has 0 saturated carbocycles. The quantitative estimate of drug-likeness (QED) is 0.354. The van der Waals surface area contributed by atoms with E-state index in [2.05, 4.69) is 5.32 Å². The van der Waals surface area contributed by atoms with Crippen molar-refractivity contribution in [3.8, 4) is 5.75 Å². The van der Waals surface area contributed by atoms with E-state index in [0.29, 0.717) is 6.42 Å². The van der Waals surface area contributed by atoms with Gasteiger partial charge in [0.1, 0.15) is 5.60 Å². The molecule has 0 aromatic heterocycles. The van der Waals surface area contributed by atoms with Gasteiger partial charge >= 0.3 is 12.1 Å².